The molecule has 0 saturated carbocycles. The lowest BCUT2D eigenvalue weighted by Gasteiger charge is -2.13. The second kappa shape index (κ2) is 9.40. The van der Waals surface area contributed by atoms with Crippen molar-refractivity contribution in [2.45, 2.75) is 20.3 Å². The molecule has 0 aliphatic rings. The van der Waals surface area contributed by atoms with Gasteiger partial charge in [-0.15, -0.1) is 0 Å². The van der Waals surface area contributed by atoms with Gasteiger partial charge in [0.15, 0.2) is 0 Å². The molecule has 0 aromatic heterocycles. The molecule has 3 aromatic carbocycles. The molecule has 3 rings (SSSR count). The Balaban J connectivity index is 1.85. The first kappa shape index (κ1) is 19.9. The van der Waals surface area contributed by atoms with E-state index >= 15 is 0 Å². The lowest BCUT2D eigenvalue weighted by molar-refractivity contribution is -0.260. The average Bonchev–Trinajstić information content (AvgIpc) is 2.69. The Kier molecular flexibility index (Phi) is 6.69. The van der Waals surface area contributed by atoms with E-state index in [9.17, 15) is 0 Å². The number of rotatable bonds is 9. The van der Waals surface area contributed by atoms with Gasteiger partial charge in [-0.25, -0.2) is 0 Å². The molecule has 0 fully saturated rings. The van der Waals surface area contributed by atoms with Crippen LogP contribution in [0.25, 0.3) is 21.9 Å². The van der Waals surface area contributed by atoms with E-state index in [0.29, 0.717) is 19.0 Å². The Hall–Kier alpha value is -2.82. The molecule has 28 heavy (non-hydrogen) atoms. The normalized spacial score (nSPS) is 10.8. The molecule has 146 valence electrons. The van der Waals surface area contributed by atoms with Gasteiger partial charge in [-0.05, 0) is 59.5 Å². The van der Waals surface area contributed by atoms with Gasteiger partial charge in [0.05, 0.1) is 13.2 Å². The van der Waals surface area contributed by atoms with Crippen LogP contribution in [0.1, 0.15) is 18.1 Å². The maximum absolute atomic E-state index is 8.91. The third-order valence-electron chi connectivity index (χ3n) is 4.40. The molecule has 0 atom stereocenters. The topological polar surface area (TPSA) is 47.9 Å². The maximum atomic E-state index is 8.91. The van der Waals surface area contributed by atoms with Crippen LogP contribution in [0, 0.1) is 6.92 Å². The molecule has 0 aliphatic heterocycles. The predicted molar refractivity (Wildman–Crippen MR) is 112 cm³/mol. The van der Waals surface area contributed by atoms with E-state index in [1.165, 1.54) is 16.7 Å². The van der Waals surface area contributed by atoms with Crippen LogP contribution < -0.4 is 4.74 Å². The average molecular weight is 378 g/mol. The van der Waals surface area contributed by atoms with Crippen molar-refractivity contribution in [3.05, 3.63) is 78.1 Å². The summed E-state index contributed by atoms with van der Waals surface area (Å²) in [6, 6.07) is 18.8. The maximum Gasteiger partial charge on any atom is 0.132 e. The SMILES string of the molecule is C=C(C)OOCCc1cc(C)ccc1-c1ccc2cc(OCCO)ccc2c1. The van der Waals surface area contributed by atoms with Crippen molar-refractivity contribution in [1.82, 2.24) is 0 Å². The highest BCUT2D eigenvalue weighted by Crippen LogP contribution is 2.30. The summed E-state index contributed by atoms with van der Waals surface area (Å²) in [7, 11) is 0. The fourth-order valence-electron chi connectivity index (χ4n) is 3.15. The summed E-state index contributed by atoms with van der Waals surface area (Å²) in [5, 5.41) is 11.2. The Bertz CT molecular complexity index is 962. The standard InChI is InChI=1S/C24H26O4/c1-17(2)28-27-12-10-22-14-18(3)4-9-24(22)21-6-5-20-16-23(26-13-11-25)8-7-19(20)15-21/h4-9,14-16,25H,1,10-13H2,2-3H3. The van der Waals surface area contributed by atoms with Crippen LogP contribution in [0.3, 0.4) is 0 Å². The number of aliphatic hydroxyl groups is 1. The van der Waals surface area contributed by atoms with Crippen LogP contribution in [0.15, 0.2) is 66.9 Å². The molecule has 0 unspecified atom stereocenters. The quantitative estimate of drug-likeness (QED) is 0.240. The van der Waals surface area contributed by atoms with Crippen LogP contribution in [0.2, 0.25) is 0 Å². The van der Waals surface area contributed by atoms with Gasteiger partial charge >= 0.3 is 0 Å². The van der Waals surface area contributed by atoms with E-state index in [1.807, 2.05) is 18.2 Å². The lowest BCUT2D eigenvalue weighted by atomic mass is 9.94. The number of hydrogen-bond acceptors (Lipinski definition) is 4. The van der Waals surface area contributed by atoms with Crippen LogP contribution >= 0.6 is 0 Å². The third-order valence-corrected chi connectivity index (χ3v) is 4.40. The van der Waals surface area contributed by atoms with Crippen molar-refractivity contribution >= 4 is 10.8 Å². The Labute approximate surface area is 165 Å². The molecule has 3 aromatic rings. The number of aliphatic hydroxyl groups excluding tert-OH is 1. The summed E-state index contributed by atoms with van der Waals surface area (Å²) < 4.78 is 5.50. The van der Waals surface area contributed by atoms with Crippen molar-refractivity contribution in [3.8, 4) is 16.9 Å². The van der Waals surface area contributed by atoms with Crippen molar-refractivity contribution in [2.24, 2.45) is 0 Å². The van der Waals surface area contributed by atoms with E-state index in [0.717, 1.165) is 28.5 Å². The van der Waals surface area contributed by atoms with Gasteiger partial charge in [0.2, 0.25) is 0 Å². The van der Waals surface area contributed by atoms with Crippen LogP contribution in [0.5, 0.6) is 5.75 Å². The first-order valence-electron chi connectivity index (χ1n) is 9.39. The second-order valence-electron chi connectivity index (χ2n) is 6.81. The molecule has 0 spiro atoms. The van der Waals surface area contributed by atoms with Crippen LogP contribution in [0.4, 0.5) is 0 Å². The van der Waals surface area contributed by atoms with Gasteiger partial charge in [-0.2, -0.15) is 4.89 Å². The molecule has 0 aliphatic carbocycles. The van der Waals surface area contributed by atoms with Crippen molar-refractivity contribution in [1.29, 1.82) is 0 Å². The Morgan fingerprint density at radius 2 is 1.75 bits per heavy atom. The summed E-state index contributed by atoms with van der Waals surface area (Å²) in [5.41, 5.74) is 4.78. The van der Waals surface area contributed by atoms with Gasteiger partial charge < -0.3 is 14.7 Å². The van der Waals surface area contributed by atoms with Gasteiger partial charge in [0.25, 0.3) is 0 Å². The first-order chi connectivity index (χ1) is 13.6. The molecular formula is C24H26O4. The van der Waals surface area contributed by atoms with Gasteiger partial charge in [-0.1, -0.05) is 48.5 Å². The molecule has 0 bridgehead atoms. The van der Waals surface area contributed by atoms with E-state index < -0.39 is 0 Å². The summed E-state index contributed by atoms with van der Waals surface area (Å²) in [5.74, 6) is 1.31. The van der Waals surface area contributed by atoms with Crippen molar-refractivity contribution < 1.29 is 19.6 Å². The van der Waals surface area contributed by atoms with E-state index in [2.05, 4.69) is 49.9 Å². The molecule has 1 N–H and O–H groups in total. The Morgan fingerprint density at radius 3 is 2.54 bits per heavy atom. The number of hydrogen-bond donors (Lipinski definition) is 1. The monoisotopic (exact) mass is 378 g/mol. The summed E-state index contributed by atoms with van der Waals surface area (Å²) in [6.07, 6.45) is 0.746. The first-order valence-corrected chi connectivity index (χ1v) is 9.39. The number of ether oxygens (including phenoxy) is 1. The zero-order chi connectivity index (χ0) is 19.9. The third kappa shape index (κ3) is 5.12. The number of allylic oxidation sites excluding steroid dienone is 1. The smallest absolute Gasteiger partial charge is 0.132 e. The highest BCUT2D eigenvalue weighted by Gasteiger charge is 2.08. The van der Waals surface area contributed by atoms with E-state index in [-0.39, 0.29) is 6.61 Å². The fourth-order valence-corrected chi connectivity index (χ4v) is 3.15. The van der Waals surface area contributed by atoms with Crippen LogP contribution in [-0.2, 0) is 16.2 Å². The highest BCUT2D eigenvalue weighted by atomic mass is 17.2. The predicted octanol–water partition coefficient (Wildman–Crippen LogP) is 5.21. The zero-order valence-corrected chi connectivity index (χ0v) is 16.4. The van der Waals surface area contributed by atoms with E-state index in [1.54, 1.807) is 6.92 Å². The molecule has 0 saturated heterocycles. The van der Waals surface area contributed by atoms with Crippen molar-refractivity contribution in [2.75, 3.05) is 19.8 Å². The van der Waals surface area contributed by atoms with Gasteiger partial charge in [0, 0.05) is 6.42 Å². The highest BCUT2D eigenvalue weighted by molar-refractivity contribution is 5.88. The molecule has 0 radical (unpaired) electrons. The fraction of sp³-hybridized carbons (Fsp3) is 0.250. The second-order valence-corrected chi connectivity index (χ2v) is 6.81. The minimum Gasteiger partial charge on any atom is -0.491 e. The number of aryl methyl sites for hydroxylation is 1. The molecule has 4 heteroatoms. The number of benzene rings is 3. The number of fused-ring (bicyclic) bond motifs is 1. The molecular weight excluding hydrogens is 352 g/mol. The van der Waals surface area contributed by atoms with Crippen molar-refractivity contribution in [3.63, 3.8) is 0 Å². The van der Waals surface area contributed by atoms with Crippen LogP contribution in [-0.4, -0.2) is 24.9 Å². The minimum absolute atomic E-state index is 0.00823. The Morgan fingerprint density at radius 1 is 0.964 bits per heavy atom. The molecule has 4 nitrogen and oxygen atoms in total. The van der Waals surface area contributed by atoms with Gasteiger partial charge in [-0.3, -0.25) is 0 Å². The summed E-state index contributed by atoms with van der Waals surface area (Å²) >= 11 is 0. The summed E-state index contributed by atoms with van der Waals surface area (Å²) in [6.45, 7) is 8.28. The molecule has 0 heterocycles. The largest absolute Gasteiger partial charge is 0.491 e. The van der Waals surface area contributed by atoms with E-state index in [4.69, 9.17) is 19.6 Å². The minimum atomic E-state index is 0.00823. The molecule has 0 amide bonds. The lowest BCUT2D eigenvalue weighted by Crippen LogP contribution is -2.01. The zero-order valence-electron chi connectivity index (χ0n) is 16.4. The summed E-state index contributed by atoms with van der Waals surface area (Å²) in [4.78, 5) is 10.2. The van der Waals surface area contributed by atoms with Gasteiger partial charge in [0.1, 0.15) is 18.1 Å².